The fourth-order valence-corrected chi connectivity index (χ4v) is 3.16. The quantitative estimate of drug-likeness (QED) is 0.862. The molecular weight excluding hydrogens is 306 g/mol. The predicted molar refractivity (Wildman–Crippen MR) is 88.4 cm³/mol. The lowest BCUT2D eigenvalue weighted by Crippen LogP contribution is -2.44. The zero-order valence-corrected chi connectivity index (χ0v) is 13.9. The number of ether oxygens (including phenoxy) is 1. The van der Waals surface area contributed by atoms with E-state index in [4.69, 9.17) is 4.74 Å². The molecule has 1 aromatic carbocycles. The van der Waals surface area contributed by atoms with Crippen molar-refractivity contribution in [1.82, 2.24) is 25.5 Å². The number of hydrogen-bond donors (Lipinski definition) is 1. The van der Waals surface area contributed by atoms with Crippen LogP contribution in [0.15, 0.2) is 30.6 Å². The molecule has 0 spiro atoms. The minimum Gasteiger partial charge on any atom is -0.381 e. The van der Waals surface area contributed by atoms with E-state index in [1.807, 2.05) is 0 Å². The number of nitrogens with zero attached hydrogens (tertiary/aromatic N) is 4. The lowest BCUT2D eigenvalue weighted by Gasteiger charge is -2.38. The van der Waals surface area contributed by atoms with E-state index in [0.29, 0.717) is 19.5 Å². The summed E-state index contributed by atoms with van der Waals surface area (Å²) in [6.45, 7) is 4.68. The Morgan fingerprint density at radius 2 is 2.21 bits per heavy atom. The van der Waals surface area contributed by atoms with E-state index >= 15 is 0 Å². The maximum atomic E-state index is 12.2. The Morgan fingerprint density at radius 3 is 2.92 bits per heavy atom. The first-order valence-corrected chi connectivity index (χ1v) is 8.30. The van der Waals surface area contributed by atoms with Gasteiger partial charge < -0.3 is 10.1 Å². The number of tetrazole rings is 1. The minimum absolute atomic E-state index is 0.0176. The molecule has 1 saturated heterocycles. The zero-order chi connectivity index (χ0) is 16.8. The summed E-state index contributed by atoms with van der Waals surface area (Å²) in [4.78, 5) is 12.2. The monoisotopic (exact) mass is 329 g/mol. The van der Waals surface area contributed by atoms with Crippen LogP contribution in [0.2, 0.25) is 0 Å². The lowest BCUT2D eigenvalue weighted by molar-refractivity contribution is -0.121. The number of hydrogen-bond acceptors (Lipinski definition) is 5. The van der Waals surface area contributed by atoms with Crippen LogP contribution < -0.4 is 5.32 Å². The van der Waals surface area contributed by atoms with Crippen molar-refractivity contribution in [2.75, 3.05) is 19.8 Å². The summed E-state index contributed by atoms with van der Waals surface area (Å²) >= 11 is 0. The van der Waals surface area contributed by atoms with Crippen LogP contribution in [0, 0.1) is 6.92 Å². The second kappa shape index (κ2) is 7.53. The number of amides is 1. The predicted octanol–water partition coefficient (Wildman–Crippen LogP) is 1.24. The van der Waals surface area contributed by atoms with Crippen LogP contribution in [0.3, 0.4) is 0 Å². The normalized spacial score (nSPS) is 16.7. The molecular formula is C17H23N5O2. The number of carbonyl (C=O) groups excluding carboxylic acids is 1. The summed E-state index contributed by atoms with van der Waals surface area (Å²) in [6.07, 6.45) is 3.72. The van der Waals surface area contributed by atoms with E-state index in [1.165, 1.54) is 17.5 Å². The zero-order valence-electron chi connectivity index (χ0n) is 13.9. The largest absolute Gasteiger partial charge is 0.381 e. The molecule has 7 heteroatoms. The number of benzene rings is 1. The van der Waals surface area contributed by atoms with Crippen LogP contribution in [0.25, 0.3) is 0 Å². The molecule has 2 aromatic rings. The van der Waals surface area contributed by atoms with E-state index in [2.05, 4.69) is 52.0 Å². The van der Waals surface area contributed by atoms with Crippen LogP contribution in [0.1, 0.15) is 30.4 Å². The third kappa shape index (κ3) is 3.97. The fraction of sp³-hybridized carbons (Fsp3) is 0.529. The van der Waals surface area contributed by atoms with Gasteiger partial charge in [-0.05, 0) is 35.8 Å². The molecule has 2 heterocycles. The van der Waals surface area contributed by atoms with E-state index < -0.39 is 0 Å². The topological polar surface area (TPSA) is 81.9 Å². The molecule has 1 fully saturated rings. The molecule has 1 amide bonds. The smallest absolute Gasteiger partial charge is 0.221 e. The number of carbonyl (C=O) groups is 1. The second-order valence-electron chi connectivity index (χ2n) is 6.36. The summed E-state index contributed by atoms with van der Waals surface area (Å²) in [5.41, 5.74) is 2.48. The Kier molecular flexibility index (Phi) is 5.20. The fourth-order valence-electron chi connectivity index (χ4n) is 3.16. The first-order chi connectivity index (χ1) is 11.7. The summed E-state index contributed by atoms with van der Waals surface area (Å²) < 4.78 is 7.10. The van der Waals surface area contributed by atoms with Gasteiger partial charge in [0.05, 0.1) is 6.54 Å². The highest BCUT2D eigenvalue weighted by Crippen LogP contribution is 2.34. The van der Waals surface area contributed by atoms with Crippen molar-refractivity contribution >= 4 is 5.91 Å². The van der Waals surface area contributed by atoms with Gasteiger partial charge in [0, 0.05) is 31.6 Å². The highest BCUT2D eigenvalue weighted by Gasteiger charge is 2.34. The summed E-state index contributed by atoms with van der Waals surface area (Å²) in [5, 5.41) is 14.0. The van der Waals surface area contributed by atoms with Crippen molar-refractivity contribution < 1.29 is 9.53 Å². The van der Waals surface area contributed by atoms with Gasteiger partial charge in [-0.2, -0.15) is 0 Å². The highest BCUT2D eigenvalue weighted by molar-refractivity contribution is 5.75. The molecule has 1 aromatic heterocycles. The van der Waals surface area contributed by atoms with Crippen molar-refractivity contribution in [3.63, 3.8) is 0 Å². The van der Waals surface area contributed by atoms with Gasteiger partial charge >= 0.3 is 0 Å². The average Bonchev–Trinajstić information content (AvgIpc) is 3.12. The molecule has 0 atom stereocenters. The molecule has 1 aliphatic heterocycles. The molecule has 0 saturated carbocycles. The first kappa shape index (κ1) is 16.6. The highest BCUT2D eigenvalue weighted by atomic mass is 16.5. The van der Waals surface area contributed by atoms with Crippen molar-refractivity contribution in [2.45, 2.75) is 38.1 Å². The van der Waals surface area contributed by atoms with E-state index in [1.54, 1.807) is 4.68 Å². The van der Waals surface area contributed by atoms with Gasteiger partial charge in [0.2, 0.25) is 5.91 Å². The second-order valence-corrected chi connectivity index (χ2v) is 6.36. The molecule has 128 valence electrons. The average molecular weight is 329 g/mol. The van der Waals surface area contributed by atoms with Crippen LogP contribution in [0.4, 0.5) is 0 Å². The van der Waals surface area contributed by atoms with E-state index in [-0.39, 0.29) is 11.3 Å². The van der Waals surface area contributed by atoms with Gasteiger partial charge in [-0.15, -0.1) is 5.10 Å². The van der Waals surface area contributed by atoms with Gasteiger partial charge in [-0.25, -0.2) is 4.68 Å². The SMILES string of the molecule is Cc1cccc(C2(CNC(=O)CCn3cnnn3)CCOCC2)c1. The molecule has 0 unspecified atom stereocenters. The molecule has 7 nitrogen and oxygen atoms in total. The maximum absolute atomic E-state index is 12.2. The third-order valence-corrected chi connectivity index (χ3v) is 4.66. The molecule has 0 aliphatic carbocycles. The number of nitrogens with one attached hydrogen (secondary N) is 1. The molecule has 3 rings (SSSR count). The molecule has 1 N–H and O–H groups in total. The van der Waals surface area contributed by atoms with Gasteiger partial charge in [0.15, 0.2) is 0 Å². The third-order valence-electron chi connectivity index (χ3n) is 4.66. The Hall–Kier alpha value is -2.28. The Bertz CT molecular complexity index is 665. The van der Waals surface area contributed by atoms with Crippen molar-refractivity contribution in [3.05, 3.63) is 41.7 Å². The van der Waals surface area contributed by atoms with E-state index in [9.17, 15) is 4.79 Å². The number of aryl methyl sites for hydroxylation is 2. The van der Waals surface area contributed by atoms with Gasteiger partial charge in [-0.1, -0.05) is 29.8 Å². The van der Waals surface area contributed by atoms with Gasteiger partial charge in [0.1, 0.15) is 6.33 Å². The van der Waals surface area contributed by atoms with Crippen LogP contribution in [0.5, 0.6) is 0 Å². The number of aromatic nitrogens is 4. The molecule has 1 aliphatic rings. The minimum atomic E-state index is -0.0469. The summed E-state index contributed by atoms with van der Waals surface area (Å²) in [6, 6.07) is 8.56. The number of rotatable bonds is 6. The molecule has 0 bridgehead atoms. The van der Waals surface area contributed by atoms with Gasteiger partial charge in [0.25, 0.3) is 0 Å². The van der Waals surface area contributed by atoms with Crippen molar-refractivity contribution in [3.8, 4) is 0 Å². The van der Waals surface area contributed by atoms with Crippen LogP contribution in [-0.2, 0) is 21.5 Å². The Labute approximate surface area is 141 Å². The van der Waals surface area contributed by atoms with E-state index in [0.717, 1.165) is 26.1 Å². The van der Waals surface area contributed by atoms with Crippen LogP contribution >= 0.6 is 0 Å². The van der Waals surface area contributed by atoms with Crippen LogP contribution in [-0.4, -0.2) is 45.9 Å². The molecule has 24 heavy (non-hydrogen) atoms. The first-order valence-electron chi connectivity index (χ1n) is 8.30. The van der Waals surface area contributed by atoms with Crippen molar-refractivity contribution in [2.24, 2.45) is 0 Å². The molecule has 0 radical (unpaired) electrons. The van der Waals surface area contributed by atoms with Crippen molar-refractivity contribution in [1.29, 1.82) is 0 Å². The Balaban J connectivity index is 1.63. The summed E-state index contributed by atoms with van der Waals surface area (Å²) in [5.74, 6) is 0.0176. The Morgan fingerprint density at radius 1 is 1.38 bits per heavy atom. The lowest BCUT2D eigenvalue weighted by atomic mass is 9.73. The summed E-state index contributed by atoms with van der Waals surface area (Å²) in [7, 11) is 0. The standard InChI is InChI=1S/C17H23N5O2/c1-14-3-2-4-15(11-14)17(6-9-24-10-7-17)12-18-16(23)5-8-22-13-19-20-21-22/h2-4,11,13H,5-10,12H2,1H3,(H,18,23). The van der Waals surface area contributed by atoms with Gasteiger partial charge in [-0.3, -0.25) is 4.79 Å². The maximum Gasteiger partial charge on any atom is 0.221 e.